The first-order valence-electron chi connectivity index (χ1n) is 28.5. The molecule has 12 nitrogen and oxygen atoms in total. The Bertz CT molecular complexity index is 3130. The largest absolute Gasteiger partial charge is 3.00 e. The number of aromatic nitrogens is 3. The van der Waals surface area contributed by atoms with E-state index in [-0.39, 0.29) is 84.0 Å². The zero-order chi connectivity index (χ0) is 60.8. The molecule has 0 amide bonds. The van der Waals surface area contributed by atoms with Gasteiger partial charge in [-0.1, -0.05) is 91.0 Å². The molecule has 0 bridgehead atoms. The molecular formula is C72H78N6Ni3O6+3. The van der Waals surface area contributed by atoms with Crippen LogP contribution in [-0.4, -0.2) is 29.7 Å². The zero-order valence-electron chi connectivity index (χ0n) is 51.8. The number of nitrogens with zero attached hydrogens (tertiary/aromatic N) is 6. The molecule has 6 aromatic carbocycles. The van der Waals surface area contributed by atoms with Crippen LogP contribution in [0.15, 0.2) is 146 Å². The second-order valence-corrected chi connectivity index (χ2v) is 22.7. The van der Waals surface area contributed by atoms with E-state index in [1.165, 1.54) is 0 Å². The maximum absolute atomic E-state index is 12.5. The summed E-state index contributed by atoms with van der Waals surface area (Å²) in [6, 6.07) is 39.3. The topological polar surface area (TPSA) is 187 Å². The van der Waals surface area contributed by atoms with Crippen molar-refractivity contribution in [3.63, 3.8) is 0 Å². The molecule has 0 fully saturated rings. The minimum absolute atomic E-state index is 0. The number of aryl methyl sites for hydroxylation is 12. The summed E-state index contributed by atoms with van der Waals surface area (Å²) in [5.74, 6) is 0.231. The van der Waals surface area contributed by atoms with Crippen molar-refractivity contribution in [3.05, 3.63) is 263 Å². The van der Waals surface area contributed by atoms with Crippen LogP contribution in [0.4, 0.5) is 0 Å². The monoisotopic (exact) mass is 1300 g/mol. The molecule has 0 saturated heterocycles. The van der Waals surface area contributed by atoms with Crippen molar-refractivity contribution >= 4 is 0 Å². The van der Waals surface area contributed by atoms with Crippen LogP contribution in [0.2, 0.25) is 0 Å². The summed E-state index contributed by atoms with van der Waals surface area (Å²) >= 11 is 0. The SMILES string of the molecule is Cc1cc([O-])c(CN(Cc2ccccn2)Cc2cc(C)c(C)cc2[O-])cc1C.Cc1cc([O-])c(CN(Cc2ccccn2)Cc2cc(C)c(C)cc2[O-])cc1C.Cc1cc([O-])c(CN(Cc2ccccn2)Cc2cc(C)c(C)cc2[O-])cc1C.[Ni+3].[Ni+3].[Ni+3]. The van der Waals surface area contributed by atoms with Gasteiger partial charge in [0.05, 0.1) is 17.1 Å². The van der Waals surface area contributed by atoms with Crippen molar-refractivity contribution in [1.82, 2.24) is 29.7 Å². The van der Waals surface area contributed by atoms with Gasteiger partial charge in [-0.25, -0.2) is 0 Å². The van der Waals surface area contributed by atoms with Gasteiger partial charge in [0.1, 0.15) is 0 Å². The molecule has 0 aliphatic carbocycles. The van der Waals surface area contributed by atoms with Crippen molar-refractivity contribution in [2.45, 2.75) is 142 Å². The molecule has 0 N–H and O–H groups in total. The average Bonchev–Trinajstić information content (AvgIpc) is 3.40. The Morgan fingerprint density at radius 2 is 0.402 bits per heavy atom. The van der Waals surface area contributed by atoms with Crippen LogP contribution in [0.3, 0.4) is 0 Å². The van der Waals surface area contributed by atoms with Crippen LogP contribution < -0.4 is 30.6 Å². The van der Waals surface area contributed by atoms with E-state index in [9.17, 15) is 30.6 Å². The Balaban J connectivity index is 0.000000275. The van der Waals surface area contributed by atoms with E-state index in [0.29, 0.717) is 58.9 Å². The van der Waals surface area contributed by atoms with Gasteiger partial charge in [-0.2, -0.15) is 0 Å². The molecule has 87 heavy (non-hydrogen) atoms. The van der Waals surface area contributed by atoms with Gasteiger partial charge in [0.2, 0.25) is 0 Å². The maximum atomic E-state index is 12.5. The fourth-order valence-corrected chi connectivity index (χ4v) is 9.95. The summed E-state index contributed by atoms with van der Waals surface area (Å²) in [5, 5.41) is 75.0. The van der Waals surface area contributed by atoms with Gasteiger partial charge in [0.25, 0.3) is 0 Å². The quantitative estimate of drug-likeness (QED) is 0.0741. The number of pyridine rings is 3. The van der Waals surface area contributed by atoms with E-state index in [1.807, 2.05) is 174 Å². The Kier molecular flexibility index (Phi) is 28.2. The Hall–Kier alpha value is -7.07. The van der Waals surface area contributed by atoms with Crippen molar-refractivity contribution in [2.75, 3.05) is 0 Å². The third-order valence-electron chi connectivity index (χ3n) is 15.8. The van der Waals surface area contributed by atoms with Crippen LogP contribution >= 0.6 is 0 Å². The zero-order valence-corrected chi connectivity index (χ0v) is 54.8. The normalized spacial score (nSPS) is 10.8. The number of hydrogen-bond acceptors (Lipinski definition) is 12. The van der Waals surface area contributed by atoms with E-state index in [2.05, 4.69) is 29.7 Å². The molecule has 0 spiro atoms. The first kappa shape index (κ1) is 72.4. The van der Waals surface area contributed by atoms with Crippen LogP contribution in [0.25, 0.3) is 0 Å². The Morgan fingerprint density at radius 3 is 0.552 bits per heavy atom. The van der Waals surface area contributed by atoms with Gasteiger partial charge in [0, 0.05) is 77.5 Å². The second-order valence-electron chi connectivity index (χ2n) is 22.7. The van der Waals surface area contributed by atoms with Crippen molar-refractivity contribution in [1.29, 1.82) is 0 Å². The van der Waals surface area contributed by atoms with Crippen LogP contribution in [0, 0.1) is 83.1 Å². The Labute approximate surface area is 545 Å². The molecule has 15 heteroatoms. The maximum Gasteiger partial charge on any atom is 3.00 e. The molecular weight excluding hydrogens is 1220 g/mol. The molecule has 3 heterocycles. The van der Waals surface area contributed by atoms with Gasteiger partial charge in [-0.3, -0.25) is 29.7 Å². The van der Waals surface area contributed by atoms with Gasteiger partial charge in [0.15, 0.2) is 0 Å². The summed E-state index contributed by atoms with van der Waals surface area (Å²) in [6.45, 7) is 28.3. The fraction of sp³-hybridized carbons (Fsp3) is 0.292. The third kappa shape index (κ3) is 21.1. The number of hydrogen-bond donors (Lipinski definition) is 0. The number of benzene rings is 6. The van der Waals surface area contributed by atoms with E-state index >= 15 is 0 Å². The summed E-state index contributed by atoms with van der Waals surface area (Å²) < 4.78 is 0. The van der Waals surface area contributed by atoms with Crippen molar-refractivity contribution in [3.8, 4) is 34.5 Å². The predicted molar refractivity (Wildman–Crippen MR) is 324 cm³/mol. The van der Waals surface area contributed by atoms with Crippen molar-refractivity contribution in [2.24, 2.45) is 0 Å². The molecule has 0 unspecified atom stereocenters. The molecule has 9 aromatic rings. The molecule has 459 valence electrons. The molecule has 0 aliphatic rings. The van der Waals surface area contributed by atoms with Crippen LogP contribution in [-0.2, 0) is 108 Å². The van der Waals surface area contributed by atoms with Gasteiger partial charge in [-0.15, -0.1) is 34.5 Å². The summed E-state index contributed by atoms with van der Waals surface area (Å²) in [6.07, 6.45) is 5.28. The van der Waals surface area contributed by atoms with E-state index in [1.54, 1.807) is 55.0 Å². The molecule has 0 saturated carbocycles. The van der Waals surface area contributed by atoms with Crippen LogP contribution in [0.5, 0.6) is 34.5 Å². The molecule has 3 radical (unpaired) electrons. The summed E-state index contributed by atoms with van der Waals surface area (Å²) in [5.41, 5.74) is 19.8. The van der Waals surface area contributed by atoms with E-state index in [4.69, 9.17) is 0 Å². The second kappa shape index (κ2) is 33.9. The van der Waals surface area contributed by atoms with Gasteiger partial charge < -0.3 is 30.6 Å². The summed E-state index contributed by atoms with van der Waals surface area (Å²) in [7, 11) is 0. The van der Waals surface area contributed by atoms with Gasteiger partial charge in [-0.05, 0) is 220 Å². The van der Waals surface area contributed by atoms with Crippen LogP contribution in [0.1, 0.15) is 117 Å². The fourth-order valence-electron chi connectivity index (χ4n) is 9.95. The van der Waals surface area contributed by atoms with E-state index in [0.717, 1.165) is 117 Å². The van der Waals surface area contributed by atoms with Crippen molar-refractivity contribution < 1.29 is 80.1 Å². The minimum Gasteiger partial charge on any atom is -0.872 e. The molecule has 0 atom stereocenters. The van der Waals surface area contributed by atoms with Gasteiger partial charge >= 0.3 is 49.5 Å². The third-order valence-corrected chi connectivity index (χ3v) is 15.8. The predicted octanol–water partition coefficient (Wildman–Crippen LogP) is 11.0. The molecule has 3 aromatic heterocycles. The smallest absolute Gasteiger partial charge is 0.872 e. The number of rotatable bonds is 18. The Morgan fingerprint density at radius 1 is 0.241 bits per heavy atom. The average molecular weight is 1300 g/mol. The molecule has 9 rings (SSSR count). The first-order valence-corrected chi connectivity index (χ1v) is 28.5. The summed E-state index contributed by atoms with van der Waals surface area (Å²) in [4.78, 5) is 19.6. The minimum atomic E-state index is 0. The van der Waals surface area contributed by atoms with E-state index < -0.39 is 0 Å². The standard InChI is InChI=1S/3C24H28N2O2.3Ni/c3*1-16-9-20(23(27)11-18(16)3)13-26(15-22-7-5-6-8-25-22)14-21-10-17(2)19(4)12-24(21)28;;;/h3*5-12,27-28H,13-15H2,1-4H3;;;/q;;;3*+3/p-6. The first-order chi connectivity index (χ1) is 40.0. The molecule has 0 aliphatic heterocycles.